The van der Waals surface area contributed by atoms with Crippen molar-refractivity contribution in [2.24, 2.45) is 0 Å². The number of alkyl halides is 1. The number of hydrogen-bond acceptors (Lipinski definition) is 1. The Morgan fingerprint density at radius 2 is 1.93 bits per heavy atom. The van der Waals surface area contributed by atoms with Crippen molar-refractivity contribution in [1.82, 2.24) is 5.32 Å². The van der Waals surface area contributed by atoms with Gasteiger partial charge in [-0.2, -0.15) is 0 Å². The lowest BCUT2D eigenvalue weighted by Crippen LogP contribution is -2.14. The summed E-state index contributed by atoms with van der Waals surface area (Å²) in [6, 6.07) is 8.33. The molecule has 0 aromatic heterocycles. The van der Waals surface area contributed by atoms with Crippen LogP contribution in [0.5, 0.6) is 0 Å². The van der Waals surface area contributed by atoms with E-state index in [-0.39, 0.29) is 0 Å². The highest BCUT2D eigenvalue weighted by atomic mass is 79.9. The highest BCUT2D eigenvalue weighted by Crippen LogP contribution is 2.15. The molecule has 1 nitrogen and oxygen atoms in total. The first-order valence-corrected chi connectivity index (χ1v) is 6.76. The topological polar surface area (TPSA) is 12.0 Å². The van der Waals surface area contributed by atoms with E-state index in [0.717, 1.165) is 18.4 Å². The second kappa shape index (κ2) is 7.43. The molecule has 0 spiro atoms. The molecule has 0 bridgehead atoms. The van der Waals surface area contributed by atoms with Crippen molar-refractivity contribution in [2.45, 2.75) is 19.4 Å². The summed E-state index contributed by atoms with van der Waals surface area (Å²) in [6.07, 6.45) is 2.47. The van der Waals surface area contributed by atoms with Gasteiger partial charge in [0, 0.05) is 16.3 Å². The summed E-state index contributed by atoms with van der Waals surface area (Å²) < 4.78 is 1.19. The SMILES string of the molecule is BrCCCCNCc1ccccc1Br. The number of unbranched alkanes of at least 4 members (excludes halogenated alkanes) is 1. The molecule has 0 amide bonds. The van der Waals surface area contributed by atoms with Gasteiger partial charge in [-0.05, 0) is 31.0 Å². The van der Waals surface area contributed by atoms with E-state index in [1.54, 1.807) is 0 Å². The highest BCUT2D eigenvalue weighted by molar-refractivity contribution is 9.10. The first-order chi connectivity index (χ1) is 6.84. The maximum atomic E-state index is 3.53. The summed E-state index contributed by atoms with van der Waals surface area (Å²) in [5.41, 5.74) is 1.33. The molecule has 0 fully saturated rings. The van der Waals surface area contributed by atoms with E-state index < -0.39 is 0 Å². The molecule has 0 atom stereocenters. The lowest BCUT2D eigenvalue weighted by atomic mass is 10.2. The van der Waals surface area contributed by atoms with Crippen LogP contribution in [0.2, 0.25) is 0 Å². The zero-order chi connectivity index (χ0) is 10.2. The van der Waals surface area contributed by atoms with E-state index in [1.165, 1.54) is 22.9 Å². The summed E-state index contributed by atoms with van der Waals surface area (Å²) >= 11 is 6.95. The van der Waals surface area contributed by atoms with Crippen LogP contribution >= 0.6 is 31.9 Å². The molecule has 0 aliphatic rings. The van der Waals surface area contributed by atoms with Crippen LogP contribution in [0.1, 0.15) is 18.4 Å². The number of nitrogens with one attached hydrogen (secondary N) is 1. The van der Waals surface area contributed by atoms with Crippen molar-refractivity contribution in [3.8, 4) is 0 Å². The van der Waals surface area contributed by atoms with Crippen molar-refractivity contribution >= 4 is 31.9 Å². The molecule has 0 heterocycles. The van der Waals surface area contributed by atoms with Crippen LogP contribution in [0.25, 0.3) is 0 Å². The molecule has 0 aliphatic carbocycles. The molecule has 1 N–H and O–H groups in total. The van der Waals surface area contributed by atoms with Gasteiger partial charge in [0.1, 0.15) is 0 Å². The maximum absolute atomic E-state index is 3.53. The first kappa shape index (κ1) is 12.2. The van der Waals surface area contributed by atoms with Gasteiger partial charge in [-0.15, -0.1) is 0 Å². The van der Waals surface area contributed by atoms with Gasteiger partial charge in [-0.25, -0.2) is 0 Å². The Kier molecular flexibility index (Phi) is 6.48. The second-order valence-electron chi connectivity index (χ2n) is 3.16. The Balaban J connectivity index is 2.21. The zero-order valence-electron chi connectivity index (χ0n) is 8.10. The fourth-order valence-electron chi connectivity index (χ4n) is 1.21. The Morgan fingerprint density at radius 3 is 2.64 bits per heavy atom. The van der Waals surface area contributed by atoms with Gasteiger partial charge in [0.05, 0.1) is 0 Å². The van der Waals surface area contributed by atoms with Crippen LogP contribution < -0.4 is 5.32 Å². The third kappa shape index (κ3) is 4.58. The lowest BCUT2D eigenvalue weighted by Gasteiger charge is -2.05. The van der Waals surface area contributed by atoms with E-state index >= 15 is 0 Å². The summed E-state index contributed by atoms with van der Waals surface area (Å²) in [5, 5.41) is 4.53. The molecule has 0 unspecified atom stereocenters. The highest BCUT2D eigenvalue weighted by Gasteiger charge is 1.96. The van der Waals surface area contributed by atoms with Gasteiger partial charge in [0.25, 0.3) is 0 Å². The Labute approximate surface area is 103 Å². The van der Waals surface area contributed by atoms with Crippen molar-refractivity contribution in [3.63, 3.8) is 0 Å². The van der Waals surface area contributed by atoms with Crippen molar-refractivity contribution in [1.29, 1.82) is 0 Å². The van der Waals surface area contributed by atoms with Gasteiger partial charge >= 0.3 is 0 Å². The largest absolute Gasteiger partial charge is 0.313 e. The van der Waals surface area contributed by atoms with E-state index in [9.17, 15) is 0 Å². The lowest BCUT2D eigenvalue weighted by molar-refractivity contribution is 0.643. The molecule has 0 saturated carbocycles. The molecular formula is C11H15Br2N. The molecule has 78 valence electrons. The summed E-state index contributed by atoms with van der Waals surface area (Å²) in [4.78, 5) is 0. The summed E-state index contributed by atoms with van der Waals surface area (Å²) in [6.45, 7) is 2.04. The minimum Gasteiger partial charge on any atom is -0.313 e. The van der Waals surface area contributed by atoms with Gasteiger partial charge in [0.2, 0.25) is 0 Å². The van der Waals surface area contributed by atoms with E-state index in [4.69, 9.17) is 0 Å². The van der Waals surface area contributed by atoms with Crippen molar-refractivity contribution in [2.75, 3.05) is 11.9 Å². The fraction of sp³-hybridized carbons (Fsp3) is 0.455. The fourth-order valence-corrected chi connectivity index (χ4v) is 2.03. The standard InChI is InChI=1S/C11H15Br2N/c12-7-3-4-8-14-9-10-5-1-2-6-11(10)13/h1-2,5-6,14H,3-4,7-9H2. The molecule has 3 heteroatoms. The Morgan fingerprint density at radius 1 is 1.14 bits per heavy atom. The molecule has 0 radical (unpaired) electrons. The Hall–Kier alpha value is 0.140. The predicted molar refractivity (Wildman–Crippen MR) is 68.9 cm³/mol. The van der Waals surface area contributed by atoms with Crippen LogP contribution in [0.3, 0.4) is 0 Å². The van der Waals surface area contributed by atoms with Crippen molar-refractivity contribution < 1.29 is 0 Å². The van der Waals surface area contributed by atoms with Gasteiger partial charge < -0.3 is 5.32 Å². The average Bonchev–Trinajstić information content (AvgIpc) is 2.20. The molecule has 1 rings (SSSR count). The van der Waals surface area contributed by atoms with Crippen LogP contribution in [0.15, 0.2) is 28.7 Å². The van der Waals surface area contributed by atoms with Gasteiger partial charge in [-0.3, -0.25) is 0 Å². The van der Waals surface area contributed by atoms with E-state index in [1.807, 2.05) is 6.07 Å². The smallest absolute Gasteiger partial charge is 0.0220 e. The van der Waals surface area contributed by atoms with Crippen LogP contribution in [-0.2, 0) is 6.54 Å². The maximum Gasteiger partial charge on any atom is 0.0220 e. The van der Waals surface area contributed by atoms with Crippen molar-refractivity contribution in [3.05, 3.63) is 34.3 Å². The number of benzene rings is 1. The molecule has 14 heavy (non-hydrogen) atoms. The monoisotopic (exact) mass is 319 g/mol. The van der Waals surface area contributed by atoms with Crippen LogP contribution in [0, 0.1) is 0 Å². The quantitative estimate of drug-likeness (QED) is 0.622. The van der Waals surface area contributed by atoms with E-state index in [2.05, 4.69) is 55.4 Å². The van der Waals surface area contributed by atoms with Crippen LogP contribution in [-0.4, -0.2) is 11.9 Å². The van der Waals surface area contributed by atoms with E-state index in [0.29, 0.717) is 0 Å². The first-order valence-electron chi connectivity index (χ1n) is 4.84. The second-order valence-corrected chi connectivity index (χ2v) is 4.81. The average molecular weight is 321 g/mol. The third-order valence-corrected chi connectivity index (χ3v) is 3.34. The normalized spacial score (nSPS) is 10.4. The minimum atomic E-state index is 0.948. The number of halogens is 2. The number of hydrogen-bond donors (Lipinski definition) is 1. The molecule has 1 aromatic rings. The summed E-state index contributed by atoms with van der Waals surface area (Å²) in [5.74, 6) is 0. The molecule has 1 aromatic carbocycles. The molecule has 0 aliphatic heterocycles. The minimum absolute atomic E-state index is 0.948. The molecule has 0 saturated heterocycles. The Bertz CT molecular complexity index is 263. The molecular weight excluding hydrogens is 306 g/mol. The predicted octanol–water partition coefficient (Wildman–Crippen LogP) is 3.71. The zero-order valence-corrected chi connectivity index (χ0v) is 11.3. The number of rotatable bonds is 6. The van der Waals surface area contributed by atoms with Gasteiger partial charge in [0.15, 0.2) is 0 Å². The third-order valence-electron chi connectivity index (χ3n) is 2.01. The summed E-state index contributed by atoms with van der Waals surface area (Å²) in [7, 11) is 0. The van der Waals surface area contributed by atoms with Crippen LogP contribution in [0.4, 0.5) is 0 Å². The van der Waals surface area contributed by atoms with Gasteiger partial charge in [-0.1, -0.05) is 50.1 Å².